The third-order valence-corrected chi connectivity index (χ3v) is 6.99. The Bertz CT molecular complexity index is 733. The van der Waals surface area contributed by atoms with Crippen LogP contribution in [0.4, 0.5) is 0 Å². The Morgan fingerprint density at radius 1 is 1.03 bits per heavy atom. The predicted molar refractivity (Wildman–Crippen MR) is 139 cm³/mol. The zero-order valence-electron chi connectivity index (χ0n) is 20.3. The van der Waals surface area contributed by atoms with E-state index in [1.165, 1.54) is 32.1 Å². The van der Waals surface area contributed by atoms with Gasteiger partial charge in [0.05, 0.1) is 0 Å². The molecular formula is C23H42IN7O. The highest BCUT2D eigenvalue weighted by Crippen LogP contribution is 2.19. The van der Waals surface area contributed by atoms with Crippen LogP contribution in [0.25, 0.3) is 0 Å². The topological polar surface area (TPSA) is 87.4 Å². The van der Waals surface area contributed by atoms with Gasteiger partial charge >= 0.3 is 0 Å². The van der Waals surface area contributed by atoms with Crippen LogP contribution in [0.3, 0.4) is 0 Å². The van der Waals surface area contributed by atoms with Crippen LogP contribution in [0.1, 0.15) is 83.3 Å². The highest BCUT2D eigenvalue weighted by Gasteiger charge is 2.27. The highest BCUT2D eigenvalue weighted by atomic mass is 127. The first-order valence-electron chi connectivity index (χ1n) is 12.2. The van der Waals surface area contributed by atoms with Crippen molar-refractivity contribution in [2.24, 2.45) is 18.0 Å². The lowest BCUT2D eigenvalue weighted by atomic mass is 9.95. The van der Waals surface area contributed by atoms with Gasteiger partial charge in [-0.3, -0.25) is 4.79 Å². The second-order valence-corrected chi connectivity index (χ2v) is 9.12. The van der Waals surface area contributed by atoms with Crippen LogP contribution in [-0.4, -0.2) is 56.7 Å². The minimum Gasteiger partial charge on any atom is -0.354 e. The van der Waals surface area contributed by atoms with Crippen LogP contribution in [0.5, 0.6) is 0 Å². The van der Waals surface area contributed by atoms with Gasteiger partial charge in [-0.15, -0.1) is 34.2 Å². The number of guanidine groups is 1. The number of hydrogen-bond donors (Lipinski definition) is 2. The van der Waals surface area contributed by atoms with Gasteiger partial charge in [0.2, 0.25) is 5.91 Å². The second-order valence-electron chi connectivity index (χ2n) is 9.12. The lowest BCUT2D eigenvalue weighted by Crippen LogP contribution is -2.52. The molecule has 0 aromatic carbocycles. The first kappa shape index (κ1) is 26.9. The normalized spacial score (nSPS) is 18.5. The van der Waals surface area contributed by atoms with Gasteiger partial charge in [-0.05, 0) is 45.4 Å². The Hall–Kier alpha value is -1.39. The summed E-state index contributed by atoms with van der Waals surface area (Å²) < 4.78 is 1.99. The third-order valence-electron chi connectivity index (χ3n) is 6.99. The SMILES string of the molecule is CCC(CC)C(=O)N1CCC(NC(=NCc2nnc(C)n2C)NC2CCCCC2)CC1.I. The van der Waals surface area contributed by atoms with Gasteiger partial charge in [0.25, 0.3) is 0 Å². The van der Waals surface area contributed by atoms with E-state index in [-0.39, 0.29) is 29.9 Å². The Morgan fingerprint density at radius 3 is 2.16 bits per heavy atom. The average Bonchev–Trinajstić information content (AvgIpc) is 3.11. The third kappa shape index (κ3) is 7.31. The molecule has 2 fully saturated rings. The smallest absolute Gasteiger partial charge is 0.225 e. The maximum Gasteiger partial charge on any atom is 0.225 e. The molecule has 1 amide bonds. The number of likely N-dealkylation sites (tertiary alicyclic amines) is 1. The molecule has 1 aromatic heterocycles. The minimum absolute atomic E-state index is 0. The van der Waals surface area contributed by atoms with Crippen LogP contribution < -0.4 is 10.6 Å². The quantitative estimate of drug-likeness (QED) is 0.303. The zero-order valence-corrected chi connectivity index (χ0v) is 22.6. The van der Waals surface area contributed by atoms with E-state index in [2.05, 4.69) is 39.6 Å². The number of piperidine rings is 1. The summed E-state index contributed by atoms with van der Waals surface area (Å²) in [6.45, 7) is 8.33. The van der Waals surface area contributed by atoms with Crippen molar-refractivity contribution < 1.29 is 4.79 Å². The summed E-state index contributed by atoms with van der Waals surface area (Å²) in [6.07, 6.45) is 10.1. The Morgan fingerprint density at radius 2 is 1.62 bits per heavy atom. The monoisotopic (exact) mass is 559 g/mol. The molecule has 3 rings (SSSR count). The van der Waals surface area contributed by atoms with Gasteiger partial charge < -0.3 is 20.1 Å². The van der Waals surface area contributed by atoms with Crippen molar-refractivity contribution in [1.29, 1.82) is 0 Å². The number of aryl methyl sites for hydroxylation is 1. The van der Waals surface area contributed by atoms with Crippen molar-refractivity contribution in [3.8, 4) is 0 Å². The summed E-state index contributed by atoms with van der Waals surface area (Å²) in [5.74, 6) is 3.14. The molecule has 2 aliphatic rings. The first-order valence-corrected chi connectivity index (χ1v) is 12.2. The summed E-state index contributed by atoms with van der Waals surface area (Å²) in [5.41, 5.74) is 0. The second kappa shape index (κ2) is 13.3. The number of halogens is 1. The number of aromatic nitrogens is 3. The van der Waals surface area contributed by atoms with E-state index in [1.54, 1.807) is 0 Å². The van der Waals surface area contributed by atoms with Gasteiger partial charge in [-0.1, -0.05) is 33.1 Å². The molecule has 2 N–H and O–H groups in total. The molecule has 1 saturated heterocycles. The zero-order chi connectivity index (χ0) is 22.2. The van der Waals surface area contributed by atoms with Crippen LogP contribution >= 0.6 is 24.0 Å². The number of hydrogen-bond acceptors (Lipinski definition) is 4. The fourth-order valence-corrected chi connectivity index (χ4v) is 4.65. The molecule has 1 saturated carbocycles. The van der Waals surface area contributed by atoms with E-state index in [1.807, 2.05) is 18.5 Å². The molecule has 0 spiro atoms. The molecule has 182 valence electrons. The molecule has 0 bridgehead atoms. The van der Waals surface area contributed by atoms with Gasteiger partial charge in [0.1, 0.15) is 12.4 Å². The number of nitrogens with zero attached hydrogens (tertiary/aromatic N) is 5. The number of carbonyl (C=O) groups excluding carboxylic acids is 1. The van der Waals surface area contributed by atoms with E-state index in [0.29, 0.717) is 24.5 Å². The van der Waals surface area contributed by atoms with E-state index < -0.39 is 0 Å². The van der Waals surface area contributed by atoms with Crippen LogP contribution in [0.15, 0.2) is 4.99 Å². The minimum atomic E-state index is 0. The first-order chi connectivity index (χ1) is 15.0. The van der Waals surface area contributed by atoms with E-state index >= 15 is 0 Å². The molecule has 1 aliphatic heterocycles. The Kier molecular flexibility index (Phi) is 11.2. The Balaban J connectivity index is 0.00000363. The largest absolute Gasteiger partial charge is 0.354 e. The van der Waals surface area contributed by atoms with Crippen molar-refractivity contribution in [2.45, 2.75) is 97.2 Å². The van der Waals surface area contributed by atoms with Crippen molar-refractivity contribution in [3.05, 3.63) is 11.6 Å². The van der Waals surface area contributed by atoms with Crippen molar-refractivity contribution in [3.63, 3.8) is 0 Å². The maximum absolute atomic E-state index is 12.7. The molecule has 1 aliphatic carbocycles. The molecule has 8 nitrogen and oxygen atoms in total. The summed E-state index contributed by atoms with van der Waals surface area (Å²) in [6, 6.07) is 0.819. The molecule has 32 heavy (non-hydrogen) atoms. The molecule has 1 aromatic rings. The average molecular weight is 560 g/mol. The van der Waals surface area contributed by atoms with E-state index in [9.17, 15) is 4.79 Å². The fourth-order valence-electron chi connectivity index (χ4n) is 4.65. The summed E-state index contributed by atoms with van der Waals surface area (Å²) in [4.78, 5) is 19.6. The van der Waals surface area contributed by atoms with Crippen molar-refractivity contribution >= 4 is 35.8 Å². The number of nitrogens with one attached hydrogen (secondary N) is 2. The highest BCUT2D eigenvalue weighted by molar-refractivity contribution is 14.0. The summed E-state index contributed by atoms with van der Waals surface area (Å²) in [5, 5.41) is 15.7. The molecule has 0 atom stereocenters. The fraction of sp³-hybridized carbons (Fsp3) is 0.826. The molecular weight excluding hydrogens is 517 g/mol. The number of carbonyl (C=O) groups is 1. The predicted octanol–water partition coefficient (Wildman–Crippen LogP) is 3.54. The molecule has 0 radical (unpaired) electrons. The van der Waals surface area contributed by atoms with E-state index in [4.69, 9.17) is 4.99 Å². The maximum atomic E-state index is 12.7. The van der Waals surface area contributed by atoms with Crippen molar-refractivity contribution in [2.75, 3.05) is 13.1 Å². The van der Waals surface area contributed by atoms with Gasteiger partial charge in [-0.2, -0.15) is 0 Å². The molecule has 9 heteroatoms. The van der Waals surface area contributed by atoms with Crippen LogP contribution in [0, 0.1) is 12.8 Å². The van der Waals surface area contributed by atoms with Crippen LogP contribution in [-0.2, 0) is 18.4 Å². The Labute approximate surface area is 210 Å². The van der Waals surface area contributed by atoms with Crippen LogP contribution in [0.2, 0.25) is 0 Å². The number of aliphatic imine (C=N–C) groups is 1. The molecule has 0 unspecified atom stereocenters. The van der Waals surface area contributed by atoms with E-state index in [0.717, 1.165) is 56.4 Å². The van der Waals surface area contributed by atoms with Gasteiger partial charge in [0, 0.05) is 38.1 Å². The number of rotatable bonds is 7. The summed E-state index contributed by atoms with van der Waals surface area (Å²) in [7, 11) is 1.98. The standard InChI is InChI=1S/C23H41N7O.HI/c1-5-18(6-2)22(31)30-14-12-20(13-15-30)26-23(25-19-10-8-7-9-11-19)24-16-21-28-27-17(3)29(21)4;/h18-20H,5-16H2,1-4H3,(H2,24,25,26);1H. The lowest BCUT2D eigenvalue weighted by molar-refractivity contribution is -0.136. The lowest BCUT2D eigenvalue weighted by Gasteiger charge is -2.35. The van der Waals surface area contributed by atoms with Crippen molar-refractivity contribution in [1.82, 2.24) is 30.3 Å². The van der Waals surface area contributed by atoms with Gasteiger partial charge in [-0.25, -0.2) is 4.99 Å². The number of amides is 1. The van der Waals surface area contributed by atoms with Gasteiger partial charge in [0.15, 0.2) is 11.8 Å². The summed E-state index contributed by atoms with van der Waals surface area (Å²) >= 11 is 0. The molecule has 2 heterocycles.